The maximum Gasteiger partial charge on any atom is 0.247 e. The van der Waals surface area contributed by atoms with E-state index in [4.69, 9.17) is 27.9 Å². The standard InChI is InChI=1S/C26H28Cl2N2O5/c1-2-5-22(32)30(14-15-8-9-16(27)12-19(15)28)20-13-18(26(34)29-10-11-31)23-17-6-3-4-7-21(17)35-25(23)24(20)33/h3-4,6-9,12-13,20,23-25,31,33H,2,5,10-11,14H2,1H3,(H,29,34)/t20-,23+,24+,25+/m1/s1. The summed E-state index contributed by atoms with van der Waals surface area (Å²) in [5.41, 5.74) is 1.86. The van der Waals surface area contributed by atoms with Crippen molar-refractivity contribution in [1.29, 1.82) is 0 Å². The number of hydrogen-bond acceptors (Lipinski definition) is 5. The van der Waals surface area contributed by atoms with Crippen LogP contribution in [-0.4, -0.2) is 58.3 Å². The zero-order valence-electron chi connectivity index (χ0n) is 19.3. The molecule has 35 heavy (non-hydrogen) atoms. The highest BCUT2D eigenvalue weighted by atomic mass is 35.5. The molecule has 0 fully saturated rings. The largest absolute Gasteiger partial charge is 0.486 e. The van der Waals surface area contributed by atoms with Crippen LogP contribution in [-0.2, 0) is 16.1 Å². The van der Waals surface area contributed by atoms with Crippen LogP contribution >= 0.6 is 23.2 Å². The molecule has 0 radical (unpaired) electrons. The van der Waals surface area contributed by atoms with Crippen LogP contribution in [0.1, 0.15) is 36.8 Å². The quantitative estimate of drug-likeness (QED) is 0.497. The molecular formula is C26H28Cl2N2O5. The molecule has 9 heteroatoms. The second kappa shape index (κ2) is 11.0. The fourth-order valence-electron chi connectivity index (χ4n) is 4.74. The topological polar surface area (TPSA) is 99.1 Å². The Labute approximate surface area is 214 Å². The van der Waals surface area contributed by atoms with Crippen LogP contribution in [0.25, 0.3) is 0 Å². The Morgan fingerprint density at radius 1 is 1.17 bits per heavy atom. The van der Waals surface area contributed by atoms with Gasteiger partial charge in [0.1, 0.15) is 18.0 Å². The van der Waals surface area contributed by atoms with Gasteiger partial charge in [0, 0.05) is 40.7 Å². The highest BCUT2D eigenvalue weighted by Gasteiger charge is 2.50. The van der Waals surface area contributed by atoms with Crippen LogP contribution in [0.2, 0.25) is 10.0 Å². The average Bonchev–Trinajstić information content (AvgIpc) is 3.23. The Hall–Kier alpha value is -2.58. The maximum absolute atomic E-state index is 13.3. The molecule has 7 nitrogen and oxygen atoms in total. The summed E-state index contributed by atoms with van der Waals surface area (Å²) in [6.07, 6.45) is 0.697. The van der Waals surface area contributed by atoms with Crippen LogP contribution in [0.4, 0.5) is 0 Å². The van der Waals surface area contributed by atoms with Crippen molar-refractivity contribution in [1.82, 2.24) is 10.2 Å². The van der Waals surface area contributed by atoms with Gasteiger partial charge in [0.25, 0.3) is 0 Å². The molecule has 0 saturated carbocycles. The van der Waals surface area contributed by atoms with E-state index in [0.717, 1.165) is 5.56 Å². The molecule has 1 aliphatic carbocycles. The van der Waals surface area contributed by atoms with Gasteiger partial charge >= 0.3 is 0 Å². The summed E-state index contributed by atoms with van der Waals surface area (Å²) in [5, 5.41) is 24.3. The first-order valence-electron chi connectivity index (χ1n) is 11.6. The molecule has 4 rings (SSSR count). The lowest BCUT2D eigenvalue weighted by Gasteiger charge is -2.41. The Morgan fingerprint density at radius 2 is 1.94 bits per heavy atom. The Balaban J connectivity index is 1.76. The summed E-state index contributed by atoms with van der Waals surface area (Å²) >= 11 is 12.4. The number of amides is 2. The van der Waals surface area contributed by atoms with Crippen LogP contribution < -0.4 is 10.1 Å². The fraction of sp³-hybridized carbons (Fsp3) is 0.385. The van der Waals surface area contributed by atoms with Crippen molar-refractivity contribution in [2.75, 3.05) is 13.2 Å². The number of nitrogens with zero attached hydrogens (tertiary/aromatic N) is 1. The molecule has 0 unspecified atom stereocenters. The van der Waals surface area contributed by atoms with Gasteiger partial charge in [0.15, 0.2) is 0 Å². The minimum absolute atomic E-state index is 0.0855. The molecule has 4 atom stereocenters. The summed E-state index contributed by atoms with van der Waals surface area (Å²) in [4.78, 5) is 28.0. The van der Waals surface area contributed by atoms with Crippen molar-refractivity contribution in [3.05, 3.63) is 75.3 Å². The van der Waals surface area contributed by atoms with Crippen molar-refractivity contribution in [3.8, 4) is 5.75 Å². The molecular weight excluding hydrogens is 491 g/mol. The Morgan fingerprint density at radius 3 is 2.66 bits per heavy atom. The summed E-state index contributed by atoms with van der Waals surface area (Å²) in [7, 11) is 0. The molecule has 1 aliphatic heterocycles. The van der Waals surface area contributed by atoms with Crippen LogP contribution in [0, 0.1) is 0 Å². The molecule has 2 aliphatic rings. The van der Waals surface area contributed by atoms with Gasteiger partial charge in [-0.15, -0.1) is 0 Å². The fourth-order valence-corrected chi connectivity index (χ4v) is 5.21. The average molecular weight is 519 g/mol. The van der Waals surface area contributed by atoms with E-state index in [1.54, 1.807) is 35.2 Å². The van der Waals surface area contributed by atoms with Crippen molar-refractivity contribution >= 4 is 35.0 Å². The number of carbonyl (C=O) groups is 2. The van der Waals surface area contributed by atoms with E-state index in [0.29, 0.717) is 33.4 Å². The third-order valence-corrected chi connectivity index (χ3v) is 6.96. The van der Waals surface area contributed by atoms with E-state index in [-0.39, 0.29) is 37.9 Å². The molecule has 0 aromatic heterocycles. The molecule has 2 amide bonds. The van der Waals surface area contributed by atoms with Crippen molar-refractivity contribution in [2.45, 2.75) is 50.5 Å². The van der Waals surface area contributed by atoms with E-state index < -0.39 is 24.2 Å². The van der Waals surface area contributed by atoms with Gasteiger partial charge in [-0.2, -0.15) is 0 Å². The van der Waals surface area contributed by atoms with E-state index >= 15 is 0 Å². The van der Waals surface area contributed by atoms with Gasteiger partial charge in [-0.3, -0.25) is 9.59 Å². The Bertz CT molecular complexity index is 1140. The normalized spacial score (nSPS) is 22.5. The summed E-state index contributed by atoms with van der Waals surface area (Å²) in [6, 6.07) is 11.6. The summed E-state index contributed by atoms with van der Waals surface area (Å²) < 4.78 is 6.12. The molecule has 1 heterocycles. The van der Waals surface area contributed by atoms with E-state index in [1.165, 1.54) is 0 Å². The summed E-state index contributed by atoms with van der Waals surface area (Å²) in [6.45, 7) is 1.91. The predicted octanol–water partition coefficient (Wildman–Crippen LogP) is 3.44. The van der Waals surface area contributed by atoms with Crippen molar-refractivity contribution in [3.63, 3.8) is 0 Å². The number of halogens is 2. The van der Waals surface area contributed by atoms with E-state index in [2.05, 4.69) is 5.32 Å². The monoisotopic (exact) mass is 518 g/mol. The van der Waals surface area contributed by atoms with Crippen molar-refractivity contribution < 1.29 is 24.5 Å². The lowest BCUT2D eigenvalue weighted by Crippen LogP contribution is -2.55. The molecule has 186 valence electrons. The zero-order valence-corrected chi connectivity index (χ0v) is 20.8. The predicted molar refractivity (Wildman–Crippen MR) is 133 cm³/mol. The van der Waals surface area contributed by atoms with Gasteiger partial charge < -0.3 is 25.2 Å². The van der Waals surface area contributed by atoms with Crippen LogP contribution in [0.15, 0.2) is 54.1 Å². The van der Waals surface area contributed by atoms with Crippen molar-refractivity contribution in [2.24, 2.45) is 0 Å². The Kier molecular flexibility index (Phi) is 8.02. The number of nitrogens with one attached hydrogen (secondary N) is 1. The SMILES string of the molecule is CCCC(=O)N(Cc1ccc(Cl)cc1Cl)[C@@H]1C=C(C(=O)NCCO)[C@@H]2c3ccccc3O[C@@H]2[C@H]1O. The highest BCUT2D eigenvalue weighted by Crippen LogP contribution is 2.47. The number of aliphatic hydroxyl groups is 2. The lowest BCUT2D eigenvalue weighted by molar-refractivity contribution is -0.138. The van der Waals surface area contributed by atoms with E-state index in [9.17, 15) is 19.8 Å². The number of fused-ring (bicyclic) bond motifs is 3. The number of para-hydroxylation sites is 1. The number of aliphatic hydroxyl groups excluding tert-OH is 2. The number of carbonyl (C=O) groups excluding carboxylic acids is 2. The first kappa shape index (κ1) is 25.5. The second-order valence-corrected chi connectivity index (χ2v) is 9.53. The van der Waals surface area contributed by atoms with Gasteiger partial charge in [-0.1, -0.05) is 54.4 Å². The number of ether oxygens (including phenoxy) is 1. The molecule has 0 saturated heterocycles. The third kappa shape index (κ3) is 5.19. The molecule has 0 bridgehead atoms. The third-order valence-electron chi connectivity index (χ3n) is 6.38. The lowest BCUT2D eigenvalue weighted by atomic mass is 9.77. The first-order valence-corrected chi connectivity index (χ1v) is 12.4. The van der Waals surface area contributed by atoms with Gasteiger partial charge in [-0.05, 0) is 36.3 Å². The van der Waals surface area contributed by atoms with Gasteiger partial charge in [0.05, 0.1) is 18.6 Å². The molecule has 0 spiro atoms. The summed E-state index contributed by atoms with van der Waals surface area (Å²) in [5.74, 6) is -0.463. The molecule has 2 aromatic carbocycles. The van der Waals surface area contributed by atoms with Crippen LogP contribution in [0.5, 0.6) is 5.75 Å². The minimum atomic E-state index is -1.09. The number of benzene rings is 2. The smallest absolute Gasteiger partial charge is 0.247 e. The van der Waals surface area contributed by atoms with Gasteiger partial charge in [-0.25, -0.2) is 0 Å². The number of rotatable bonds is 8. The highest BCUT2D eigenvalue weighted by molar-refractivity contribution is 6.35. The van der Waals surface area contributed by atoms with Crippen LogP contribution in [0.3, 0.4) is 0 Å². The zero-order chi connectivity index (χ0) is 25.1. The van der Waals surface area contributed by atoms with E-state index in [1.807, 2.05) is 25.1 Å². The molecule has 2 aromatic rings. The molecule has 3 N–H and O–H groups in total. The maximum atomic E-state index is 13.3. The van der Waals surface area contributed by atoms with Gasteiger partial charge in [0.2, 0.25) is 11.8 Å². The first-order chi connectivity index (χ1) is 16.8. The number of hydrogen-bond donors (Lipinski definition) is 3. The minimum Gasteiger partial charge on any atom is -0.486 e. The second-order valence-electron chi connectivity index (χ2n) is 8.69.